The molecule has 2 aromatic rings. The predicted molar refractivity (Wildman–Crippen MR) is 80.4 cm³/mol. The van der Waals surface area contributed by atoms with Crippen molar-refractivity contribution in [2.75, 3.05) is 18.5 Å². The van der Waals surface area contributed by atoms with Crippen molar-refractivity contribution in [2.45, 2.75) is 19.9 Å². The summed E-state index contributed by atoms with van der Waals surface area (Å²) in [5.41, 5.74) is 9.51. The maximum absolute atomic E-state index is 6.32. The van der Waals surface area contributed by atoms with Gasteiger partial charge in [0.25, 0.3) is 0 Å². The zero-order valence-electron chi connectivity index (χ0n) is 11.8. The standard InChI is InChI=1S/C16H21N3/c1-4-19(3)15-11-10-14(12(2)18-15)16(17)13-8-6-5-7-9-13/h5-11,16H,4,17H2,1-3H3/t16-/m1/s1. The highest BCUT2D eigenvalue weighted by Crippen LogP contribution is 2.23. The highest BCUT2D eigenvalue weighted by molar-refractivity contribution is 5.43. The van der Waals surface area contributed by atoms with Gasteiger partial charge in [-0.05, 0) is 31.0 Å². The average Bonchev–Trinajstić information content (AvgIpc) is 2.46. The topological polar surface area (TPSA) is 42.1 Å². The van der Waals surface area contributed by atoms with Crippen LogP contribution in [0.3, 0.4) is 0 Å². The largest absolute Gasteiger partial charge is 0.360 e. The number of nitrogens with zero attached hydrogens (tertiary/aromatic N) is 2. The molecule has 0 aliphatic carbocycles. The van der Waals surface area contributed by atoms with Gasteiger partial charge in [0.05, 0.1) is 6.04 Å². The Morgan fingerprint density at radius 3 is 2.42 bits per heavy atom. The number of aromatic nitrogens is 1. The molecule has 1 aromatic carbocycles. The smallest absolute Gasteiger partial charge is 0.128 e. The monoisotopic (exact) mass is 255 g/mol. The molecule has 0 amide bonds. The molecule has 0 fully saturated rings. The van der Waals surface area contributed by atoms with Gasteiger partial charge in [-0.15, -0.1) is 0 Å². The fourth-order valence-electron chi connectivity index (χ4n) is 2.10. The molecule has 3 heteroatoms. The summed E-state index contributed by atoms with van der Waals surface area (Å²) < 4.78 is 0. The minimum absolute atomic E-state index is 0.116. The first-order valence-electron chi connectivity index (χ1n) is 6.62. The van der Waals surface area contributed by atoms with Gasteiger partial charge in [0, 0.05) is 19.3 Å². The summed E-state index contributed by atoms with van der Waals surface area (Å²) in [7, 11) is 2.04. The summed E-state index contributed by atoms with van der Waals surface area (Å²) in [6.07, 6.45) is 0. The van der Waals surface area contributed by atoms with Crippen LogP contribution in [-0.4, -0.2) is 18.6 Å². The van der Waals surface area contributed by atoms with E-state index in [1.807, 2.05) is 38.2 Å². The van der Waals surface area contributed by atoms with Gasteiger partial charge in [0.15, 0.2) is 0 Å². The van der Waals surface area contributed by atoms with Crippen molar-refractivity contribution in [1.82, 2.24) is 4.98 Å². The molecule has 0 bridgehead atoms. The number of hydrogen-bond acceptors (Lipinski definition) is 3. The lowest BCUT2D eigenvalue weighted by molar-refractivity contribution is 0.840. The lowest BCUT2D eigenvalue weighted by atomic mass is 9.98. The second-order valence-electron chi connectivity index (χ2n) is 4.75. The molecule has 0 aliphatic heterocycles. The second kappa shape index (κ2) is 5.85. The summed E-state index contributed by atoms with van der Waals surface area (Å²) in [5, 5.41) is 0. The van der Waals surface area contributed by atoms with Gasteiger partial charge in [-0.1, -0.05) is 36.4 Å². The molecule has 1 atom stereocenters. The number of anilines is 1. The van der Waals surface area contributed by atoms with Crippen molar-refractivity contribution < 1.29 is 0 Å². The Morgan fingerprint density at radius 1 is 1.16 bits per heavy atom. The van der Waals surface area contributed by atoms with E-state index in [0.717, 1.165) is 29.2 Å². The molecule has 0 radical (unpaired) electrons. The van der Waals surface area contributed by atoms with Gasteiger partial charge in [0.1, 0.15) is 5.82 Å². The zero-order chi connectivity index (χ0) is 13.8. The second-order valence-corrected chi connectivity index (χ2v) is 4.75. The number of pyridine rings is 1. The normalized spacial score (nSPS) is 12.2. The SMILES string of the molecule is CCN(C)c1ccc([C@H](N)c2ccccc2)c(C)n1. The third-order valence-corrected chi connectivity index (χ3v) is 3.47. The number of hydrogen-bond donors (Lipinski definition) is 1. The lowest BCUT2D eigenvalue weighted by Crippen LogP contribution is -2.19. The van der Waals surface area contributed by atoms with Gasteiger partial charge < -0.3 is 10.6 Å². The van der Waals surface area contributed by atoms with Gasteiger partial charge in [-0.3, -0.25) is 0 Å². The molecule has 0 saturated heterocycles. The van der Waals surface area contributed by atoms with Crippen LogP contribution in [0.4, 0.5) is 5.82 Å². The van der Waals surface area contributed by atoms with Gasteiger partial charge in [0.2, 0.25) is 0 Å². The summed E-state index contributed by atoms with van der Waals surface area (Å²) in [5.74, 6) is 0.990. The van der Waals surface area contributed by atoms with E-state index >= 15 is 0 Å². The Kier molecular flexibility index (Phi) is 4.17. The lowest BCUT2D eigenvalue weighted by Gasteiger charge is -2.19. The Labute approximate surface area is 115 Å². The van der Waals surface area contributed by atoms with Crippen molar-refractivity contribution in [3.8, 4) is 0 Å². The number of aryl methyl sites for hydroxylation is 1. The van der Waals surface area contributed by atoms with Crippen LogP contribution in [0.2, 0.25) is 0 Å². The minimum atomic E-state index is -0.116. The van der Waals surface area contributed by atoms with E-state index in [2.05, 4.69) is 35.0 Å². The number of benzene rings is 1. The van der Waals surface area contributed by atoms with Crippen LogP contribution in [0.25, 0.3) is 0 Å². The average molecular weight is 255 g/mol. The molecular weight excluding hydrogens is 234 g/mol. The summed E-state index contributed by atoms with van der Waals surface area (Å²) in [6.45, 7) is 5.07. The highest BCUT2D eigenvalue weighted by atomic mass is 15.2. The summed E-state index contributed by atoms with van der Waals surface area (Å²) in [4.78, 5) is 6.75. The van der Waals surface area contributed by atoms with E-state index in [4.69, 9.17) is 5.73 Å². The van der Waals surface area contributed by atoms with Crippen LogP contribution in [0.1, 0.15) is 29.8 Å². The molecular formula is C16H21N3. The molecule has 0 spiro atoms. The van der Waals surface area contributed by atoms with Crippen LogP contribution in [0.5, 0.6) is 0 Å². The quantitative estimate of drug-likeness (QED) is 0.913. The fourth-order valence-corrected chi connectivity index (χ4v) is 2.10. The van der Waals surface area contributed by atoms with Crippen LogP contribution >= 0.6 is 0 Å². The molecule has 0 saturated carbocycles. The van der Waals surface area contributed by atoms with E-state index in [-0.39, 0.29) is 6.04 Å². The first-order chi connectivity index (χ1) is 9.13. The number of rotatable bonds is 4. The van der Waals surface area contributed by atoms with Crippen molar-refractivity contribution in [3.05, 3.63) is 59.3 Å². The van der Waals surface area contributed by atoms with Crippen LogP contribution in [-0.2, 0) is 0 Å². The van der Waals surface area contributed by atoms with E-state index in [0.29, 0.717) is 0 Å². The minimum Gasteiger partial charge on any atom is -0.360 e. The van der Waals surface area contributed by atoms with Gasteiger partial charge in [-0.25, -0.2) is 4.98 Å². The Hall–Kier alpha value is -1.87. The molecule has 0 aliphatic rings. The molecule has 3 nitrogen and oxygen atoms in total. The molecule has 19 heavy (non-hydrogen) atoms. The van der Waals surface area contributed by atoms with Crippen LogP contribution < -0.4 is 10.6 Å². The zero-order valence-corrected chi connectivity index (χ0v) is 11.8. The van der Waals surface area contributed by atoms with Crippen LogP contribution in [0.15, 0.2) is 42.5 Å². The maximum atomic E-state index is 6.32. The third-order valence-electron chi connectivity index (χ3n) is 3.47. The van der Waals surface area contributed by atoms with Crippen LogP contribution in [0, 0.1) is 6.92 Å². The summed E-state index contributed by atoms with van der Waals surface area (Å²) >= 11 is 0. The van der Waals surface area contributed by atoms with E-state index in [9.17, 15) is 0 Å². The van der Waals surface area contributed by atoms with E-state index < -0.39 is 0 Å². The predicted octanol–water partition coefficient (Wildman–Crippen LogP) is 2.89. The molecule has 1 aromatic heterocycles. The Morgan fingerprint density at radius 2 is 1.84 bits per heavy atom. The Bertz CT molecular complexity index is 537. The number of nitrogens with two attached hydrogens (primary N) is 1. The van der Waals surface area contributed by atoms with Gasteiger partial charge >= 0.3 is 0 Å². The Balaban J connectivity index is 2.31. The van der Waals surface area contributed by atoms with E-state index in [1.165, 1.54) is 0 Å². The van der Waals surface area contributed by atoms with E-state index in [1.54, 1.807) is 0 Å². The van der Waals surface area contributed by atoms with Crippen molar-refractivity contribution in [1.29, 1.82) is 0 Å². The fraction of sp³-hybridized carbons (Fsp3) is 0.312. The first-order valence-corrected chi connectivity index (χ1v) is 6.62. The van der Waals surface area contributed by atoms with Gasteiger partial charge in [-0.2, -0.15) is 0 Å². The summed E-state index contributed by atoms with van der Waals surface area (Å²) in [6, 6.07) is 14.1. The molecule has 0 unspecified atom stereocenters. The maximum Gasteiger partial charge on any atom is 0.128 e. The van der Waals surface area contributed by atoms with Crippen molar-refractivity contribution in [3.63, 3.8) is 0 Å². The molecule has 2 rings (SSSR count). The molecule has 1 heterocycles. The third kappa shape index (κ3) is 2.93. The first kappa shape index (κ1) is 13.6. The van der Waals surface area contributed by atoms with Crippen molar-refractivity contribution >= 4 is 5.82 Å². The molecule has 2 N–H and O–H groups in total. The highest BCUT2D eigenvalue weighted by Gasteiger charge is 2.13. The molecule has 100 valence electrons. The van der Waals surface area contributed by atoms with Crippen molar-refractivity contribution in [2.24, 2.45) is 5.73 Å².